The maximum Gasteiger partial charge on any atom is 0.228 e. The monoisotopic (exact) mass is 465 g/mol. The molecular weight excluding hydrogens is 438 g/mol. The van der Waals surface area contributed by atoms with Crippen molar-refractivity contribution in [3.8, 4) is 0 Å². The van der Waals surface area contributed by atoms with Crippen molar-refractivity contribution < 1.29 is 14.3 Å². The predicted octanol–water partition coefficient (Wildman–Crippen LogP) is 3.49. The van der Waals surface area contributed by atoms with E-state index in [-0.39, 0.29) is 11.7 Å². The number of morpholine rings is 1. The number of nitrogens with zero attached hydrogens (tertiary/aromatic N) is 4. The normalized spacial score (nSPS) is 13.7. The first-order chi connectivity index (χ1) is 16.1. The lowest BCUT2D eigenvalue weighted by molar-refractivity contribution is -0.115. The summed E-state index contributed by atoms with van der Waals surface area (Å²) in [5.41, 5.74) is 2.47. The number of thioether (sulfide) groups is 1. The first kappa shape index (κ1) is 23.0. The molecule has 0 radical (unpaired) electrons. The third-order valence-electron chi connectivity index (χ3n) is 5.31. The smallest absolute Gasteiger partial charge is 0.228 e. The Morgan fingerprint density at radius 1 is 1.03 bits per heavy atom. The maximum absolute atomic E-state index is 12.4. The molecule has 172 valence electrons. The number of carbonyl (C=O) groups is 2. The number of ether oxygens (including phenoxy) is 1. The molecule has 0 spiro atoms. The van der Waals surface area contributed by atoms with Crippen LogP contribution in [0.5, 0.6) is 0 Å². The highest BCUT2D eigenvalue weighted by Crippen LogP contribution is 2.25. The van der Waals surface area contributed by atoms with E-state index in [0.29, 0.717) is 43.2 Å². The number of nitrogens with one attached hydrogen (secondary N) is 1. The number of rotatable bonds is 9. The summed E-state index contributed by atoms with van der Waals surface area (Å²) in [6.45, 7) is 5.09. The molecule has 1 amide bonds. The summed E-state index contributed by atoms with van der Waals surface area (Å²) in [5, 5.41) is 12.6. The maximum atomic E-state index is 12.4. The van der Waals surface area contributed by atoms with Gasteiger partial charge >= 0.3 is 0 Å². The van der Waals surface area contributed by atoms with Crippen LogP contribution in [-0.2, 0) is 16.1 Å². The van der Waals surface area contributed by atoms with E-state index in [9.17, 15) is 9.59 Å². The minimum Gasteiger partial charge on any atom is -0.378 e. The van der Waals surface area contributed by atoms with Gasteiger partial charge in [0, 0.05) is 36.5 Å². The van der Waals surface area contributed by atoms with E-state index in [1.807, 2.05) is 18.2 Å². The van der Waals surface area contributed by atoms with Crippen molar-refractivity contribution in [1.82, 2.24) is 14.8 Å². The van der Waals surface area contributed by atoms with Gasteiger partial charge in [-0.1, -0.05) is 42.1 Å². The van der Waals surface area contributed by atoms with Crippen LogP contribution < -0.4 is 10.2 Å². The van der Waals surface area contributed by atoms with Gasteiger partial charge in [-0.15, -0.1) is 10.2 Å². The highest BCUT2D eigenvalue weighted by atomic mass is 32.2. The predicted molar refractivity (Wildman–Crippen MR) is 129 cm³/mol. The van der Waals surface area contributed by atoms with E-state index in [2.05, 4.69) is 37.1 Å². The van der Waals surface area contributed by atoms with Crippen LogP contribution in [-0.4, -0.2) is 58.5 Å². The Balaban J connectivity index is 1.39. The van der Waals surface area contributed by atoms with Gasteiger partial charge in [0.05, 0.1) is 19.8 Å². The van der Waals surface area contributed by atoms with Gasteiger partial charge in [-0.25, -0.2) is 0 Å². The molecule has 1 N–H and O–H groups in total. The number of Topliss-reactive ketones (excluding diaryl/α,β-unsaturated/α-hetero) is 1. The van der Waals surface area contributed by atoms with E-state index >= 15 is 0 Å². The van der Waals surface area contributed by atoms with Crippen molar-refractivity contribution in [3.63, 3.8) is 0 Å². The second-order valence-corrected chi connectivity index (χ2v) is 8.80. The summed E-state index contributed by atoms with van der Waals surface area (Å²) in [6, 6.07) is 17.1. The number of hydrogen-bond donors (Lipinski definition) is 1. The Morgan fingerprint density at radius 3 is 2.45 bits per heavy atom. The lowest BCUT2D eigenvalue weighted by Crippen LogP contribution is -2.38. The molecule has 0 saturated carbocycles. The van der Waals surface area contributed by atoms with E-state index in [0.717, 1.165) is 24.2 Å². The summed E-state index contributed by atoms with van der Waals surface area (Å²) < 4.78 is 7.59. The molecule has 1 aliphatic heterocycles. The summed E-state index contributed by atoms with van der Waals surface area (Å²) >= 11 is 1.52. The van der Waals surface area contributed by atoms with Crippen LogP contribution in [0, 0.1) is 0 Å². The molecule has 3 aromatic rings. The van der Waals surface area contributed by atoms with E-state index in [1.54, 1.807) is 24.3 Å². The lowest BCUT2D eigenvalue weighted by atomic mass is 10.1. The zero-order valence-electron chi connectivity index (χ0n) is 18.6. The minimum absolute atomic E-state index is 0.000314. The third kappa shape index (κ3) is 6.21. The molecule has 33 heavy (non-hydrogen) atoms. The largest absolute Gasteiger partial charge is 0.378 e. The number of aromatic nitrogens is 3. The SMILES string of the molecule is CC(=O)c1ccc(NC(=O)CCSc2nnc(N3CCOCC3)n2Cc2ccccc2)cc1. The van der Waals surface area contributed by atoms with Gasteiger partial charge in [-0.05, 0) is 36.8 Å². The molecule has 9 heteroatoms. The second kappa shape index (κ2) is 11.1. The number of ketones is 1. The van der Waals surface area contributed by atoms with E-state index < -0.39 is 0 Å². The summed E-state index contributed by atoms with van der Waals surface area (Å²) in [5.74, 6) is 1.33. The van der Waals surface area contributed by atoms with Gasteiger partial charge in [0.25, 0.3) is 0 Å². The van der Waals surface area contributed by atoms with E-state index in [4.69, 9.17) is 4.74 Å². The minimum atomic E-state index is -0.0828. The summed E-state index contributed by atoms with van der Waals surface area (Å²) in [7, 11) is 0. The van der Waals surface area contributed by atoms with E-state index in [1.165, 1.54) is 24.2 Å². The molecule has 2 heterocycles. The van der Waals surface area contributed by atoms with Gasteiger partial charge in [-0.2, -0.15) is 0 Å². The first-order valence-electron chi connectivity index (χ1n) is 10.9. The van der Waals surface area contributed by atoms with Crippen LogP contribution in [0.2, 0.25) is 0 Å². The number of amides is 1. The molecule has 1 aliphatic rings. The summed E-state index contributed by atoms with van der Waals surface area (Å²) in [6.07, 6.45) is 0.338. The lowest BCUT2D eigenvalue weighted by Gasteiger charge is -2.28. The standard InChI is InChI=1S/C24H27N5O3S/c1-18(30)20-7-9-21(10-8-20)25-22(31)11-16-33-24-27-26-23(28-12-14-32-15-13-28)29(24)17-19-5-3-2-4-6-19/h2-10H,11-17H2,1H3,(H,25,31). The Bertz CT molecular complexity index is 1080. The molecule has 1 aromatic heterocycles. The van der Waals surface area contributed by atoms with Crippen LogP contribution >= 0.6 is 11.8 Å². The molecule has 2 aromatic carbocycles. The molecule has 4 rings (SSSR count). The molecular formula is C24H27N5O3S. The number of anilines is 2. The van der Waals surface area contributed by atoms with Crippen molar-refractivity contribution in [1.29, 1.82) is 0 Å². The quantitative estimate of drug-likeness (QED) is 0.382. The fourth-order valence-electron chi connectivity index (χ4n) is 3.54. The average molecular weight is 466 g/mol. The molecule has 1 saturated heterocycles. The second-order valence-electron chi connectivity index (χ2n) is 7.73. The zero-order valence-corrected chi connectivity index (χ0v) is 19.4. The third-order valence-corrected chi connectivity index (χ3v) is 6.28. The number of carbonyl (C=O) groups excluding carboxylic acids is 2. The topological polar surface area (TPSA) is 89.3 Å². The Labute approximate surface area is 197 Å². The molecule has 8 nitrogen and oxygen atoms in total. The van der Waals surface area contributed by atoms with Gasteiger partial charge in [-0.3, -0.25) is 14.2 Å². The fourth-order valence-corrected chi connectivity index (χ4v) is 4.41. The van der Waals surface area contributed by atoms with Crippen LogP contribution in [0.25, 0.3) is 0 Å². The van der Waals surface area contributed by atoms with Gasteiger partial charge in [0.15, 0.2) is 10.9 Å². The van der Waals surface area contributed by atoms with Crippen molar-refractivity contribution in [3.05, 3.63) is 65.7 Å². The zero-order chi connectivity index (χ0) is 23.0. The Hall–Kier alpha value is -3.17. The highest BCUT2D eigenvalue weighted by Gasteiger charge is 2.21. The molecule has 0 bridgehead atoms. The van der Waals surface area contributed by atoms with Crippen molar-refractivity contribution in [2.24, 2.45) is 0 Å². The molecule has 1 fully saturated rings. The van der Waals surface area contributed by atoms with Crippen LogP contribution in [0.3, 0.4) is 0 Å². The summed E-state index contributed by atoms with van der Waals surface area (Å²) in [4.78, 5) is 26.0. The van der Waals surface area contributed by atoms with Crippen molar-refractivity contribution >= 4 is 35.1 Å². The molecule has 0 aliphatic carbocycles. The van der Waals surface area contributed by atoms with Crippen molar-refractivity contribution in [2.75, 3.05) is 42.3 Å². The Morgan fingerprint density at radius 2 is 1.76 bits per heavy atom. The molecule has 0 unspecified atom stereocenters. The number of benzene rings is 2. The average Bonchev–Trinajstić information content (AvgIpc) is 3.23. The highest BCUT2D eigenvalue weighted by molar-refractivity contribution is 7.99. The van der Waals surface area contributed by atoms with Gasteiger partial charge in [0.2, 0.25) is 11.9 Å². The van der Waals surface area contributed by atoms with Crippen LogP contribution in [0.15, 0.2) is 59.8 Å². The van der Waals surface area contributed by atoms with Crippen LogP contribution in [0.1, 0.15) is 29.3 Å². The number of hydrogen-bond acceptors (Lipinski definition) is 7. The molecule has 0 atom stereocenters. The van der Waals surface area contributed by atoms with Gasteiger partial charge < -0.3 is 15.0 Å². The van der Waals surface area contributed by atoms with Crippen molar-refractivity contribution in [2.45, 2.75) is 25.0 Å². The van der Waals surface area contributed by atoms with Crippen LogP contribution in [0.4, 0.5) is 11.6 Å². The first-order valence-corrected chi connectivity index (χ1v) is 11.9. The Kier molecular flexibility index (Phi) is 7.74. The van der Waals surface area contributed by atoms with Gasteiger partial charge in [0.1, 0.15) is 0 Å². The fraction of sp³-hybridized carbons (Fsp3) is 0.333.